The summed E-state index contributed by atoms with van der Waals surface area (Å²) >= 11 is 0. The zero-order valence-electron chi connectivity index (χ0n) is 18.4. The van der Waals surface area contributed by atoms with Crippen LogP contribution in [0, 0.1) is 12.8 Å². The number of nitrogens with one attached hydrogen (secondary N) is 1. The third-order valence-electron chi connectivity index (χ3n) is 5.65. The summed E-state index contributed by atoms with van der Waals surface area (Å²) in [5, 5.41) is 2.68. The van der Waals surface area contributed by atoms with Gasteiger partial charge in [0.1, 0.15) is 12.0 Å². The van der Waals surface area contributed by atoms with Crippen LogP contribution in [0.2, 0.25) is 0 Å². The summed E-state index contributed by atoms with van der Waals surface area (Å²) in [6.45, 7) is 6.59. The van der Waals surface area contributed by atoms with E-state index in [1.807, 2.05) is 6.07 Å². The van der Waals surface area contributed by atoms with Crippen LogP contribution in [-0.2, 0) is 11.3 Å². The average Bonchev–Trinajstić information content (AvgIpc) is 3.13. The number of carbonyl (C=O) groups excluding carboxylic acids is 1. The van der Waals surface area contributed by atoms with Gasteiger partial charge in [0.15, 0.2) is 0 Å². The first-order valence-corrected chi connectivity index (χ1v) is 10.9. The minimum Gasteiger partial charge on any atom is -0.410 e. The Bertz CT molecular complexity index is 999. The topological polar surface area (TPSA) is 91.6 Å². The molecular weight excluding hydrogens is 398 g/mol. The van der Waals surface area contributed by atoms with Gasteiger partial charge in [-0.15, -0.1) is 0 Å². The van der Waals surface area contributed by atoms with Gasteiger partial charge in [-0.25, -0.2) is 9.59 Å². The molecule has 1 aliphatic heterocycles. The van der Waals surface area contributed by atoms with Crippen LogP contribution in [0.25, 0.3) is 0 Å². The second-order valence-corrected chi connectivity index (χ2v) is 8.05. The van der Waals surface area contributed by atoms with Gasteiger partial charge in [0.05, 0.1) is 6.10 Å². The highest BCUT2D eigenvalue weighted by atomic mass is 16.6. The number of para-hydroxylation sites is 1. The summed E-state index contributed by atoms with van der Waals surface area (Å²) in [6, 6.07) is 8.81. The molecule has 1 N–H and O–H groups in total. The van der Waals surface area contributed by atoms with Gasteiger partial charge in [-0.1, -0.05) is 32.0 Å². The van der Waals surface area contributed by atoms with Crippen molar-refractivity contribution in [2.45, 2.75) is 65.3 Å². The van der Waals surface area contributed by atoms with Crippen LogP contribution in [0.1, 0.15) is 51.3 Å². The van der Waals surface area contributed by atoms with Gasteiger partial charge in [-0.2, -0.15) is 0 Å². The molecule has 31 heavy (non-hydrogen) atoms. The fourth-order valence-corrected chi connectivity index (χ4v) is 3.92. The molecule has 1 amide bonds. The average molecular weight is 430 g/mol. The number of hydrogen-bond donors (Lipinski definition) is 1. The predicted molar refractivity (Wildman–Crippen MR) is 117 cm³/mol. The van der Waals surface area contributed by atoms with Crippen molar-refractivity contribution >= 4 is 6.09 Å². The van der Waals surface area contributed by atoms with Crippen molar-refractivity contribution in [3.05, 3.63) is 62.9 Å². The van der Waals surface area contributed by atoms with E-state index in [0.717, 1.165) is 12.8 Å². The maximum Gasteiger partial charge on any atom is 0.412 e. The minimum absolute atomic E-state index is 0.124. The minimum atomic E-state index is -0.528. The van der Waals surface area contributed by atoms with E-state index in [2.05, 4.69) is 19.2 Å². The summed E-state index contributed by atoms with van der Waals surface area (Å²) < 4.78 is 14.0. The molecule has 8 heteroatoms. The van der Waals surface area contributed by atoms with E-state index in [0.29, 0.717) is 36.6 Å². The molecule has 168 valence electrons. The van der Waals surface area contributed by atoms with Crippen molar-refractivity contribution < 1.29 is 14.3 Å². The van der Waals surface area contributed by atoms with E-state index in [-0.39, 0.29) is 30.1 Å². The van der Waals surface area contributed by atoms with Gasteiger partial charge in [0, 0.05) is 24.8 Å². The third kappa shape index (κ3) is 5.64. The highest BCUT2D eigenvalue weighted by Gasteiger charge is 2.33. The quantitative estimate of drug-likeness (QED) is 0.651. The van der Waals surface area contributed by atoms with Crippen LogP contribution >= 0.6 is 0 Å². The molecule has 0 bridgehead atoms. The molecule has 1 aromatic heterocycles. The number of hydrogen-bond acceptors (Lipinski definition) is 5. The van der Waals surface area contributed by atoms with Crippen LogP contribution in [0.15, 0.2) is 46.1 Å². The van der Waals surface area contributed by atoms with Crippen molar-refractivity contribution in [3.8, 4) is 5.75 Å². The lowest BCUT2D eigenvalue weighted by atomic mass is 10.0. The molecular formula is C23H31N3O5. The lowest BCUT2D eigenvalue weighted by Crippen LogP contribution is -2.42. The summed E-state index contributed by atoms with van der Waals surface area (Å²) in [7, 11) is 0. The highest BCUT2D eigenvalue weighted by Crippen LogP contribution is 2.33. The number of aryl methyl sites for hydroxylation is 1. The maximum absolute atomic E-state index is 13.0. The fourth-order valence-electron chi connectivity index (χ4n) is 3.92. The fraction of sp³-hybridized carbons (Fsp3) is 0.522. The first kappa shape index (κ1) is 22.8. The number of unbranched alkanes of at least 4 members (excludes halogenated alkanes) is 1. The van der Waals surface area contributed by atoms with Gasteiger partial charge in [-0.3, -0.25) is 13.9 Å². The zero-order chi connectivity index (χ0) is 22.4. The molecule has 1 fully saturated rings. The van der Waals surface area contributed by atoms with Crippen molar-refractivity contribution in [2.75, 3.05) is 6.54 Å². The van der Waals surface area contributed by atoms with Crippen molar-refractivity contribution in [1.82, 2.24) is 14.5 Å². The van der Waals surface area contributed by atoms with Crippen molar-refractivity contribution in [3.63, 3.8) is 0 Å². The van der Waals surface area contributed by atoms with Crippen molar-refractivity contribution in [1.29, 1.82) is 0 Å². The first-order chi connectivity index (χ1) is 14.9. The number of carbonyl (C=O) groups is 1. The summed E-state index contributed by atoms with van der Waals surface area (Å²) in [6.07, 6.45) is 3.69. The summed E-state index contributed by atoms with van der Waals surface area (Å²) in [5.74, 6) is 0.838. The Morgan fingerprint density at radius 3 is 2.65 bits per heavy atom. The number of benzene rings is 1. The molecule has 3 unspecified atom stereocenters. The molecule has 0 spiro atoms. The monoisotopic (exact) mass is 429 g/mol. The van der Waals surface area contributed by atoms with Gasteiger partial charge < -0.3 is 14.8 Å². The molecule has 0 radical (unpaired) electrons. The van der Waals surface area contributed by atoms with E-state index in [1.165, 1.54) is 4.57 Å². The normalized spacial score (nSPS) is 20.5. The van der Waals surface area contributed by atoms with Crippen LogP contribution in [0.5, 0.6) is 5.75 Å². The lowest BCUT2D eigenvalue weighted by molar-refractivity contribution is -0.00846. The molecule has 3 atom stereocenters. The highest BCUT2D eigenvalue weighted by molar-refractivity contribution is 5.70. The van der Waals surface area contributed by atoms with E-state index < -0.39 is 6.09 Å². The van der Waals surface area contributed by atoms with Gasteiger partial charge in [0.25, 0.3) is 5.56 Å². The molecule has 2 heterocycles. The smallest absolute Gasteiger partial charge is 0.410 e. The SMILES string of the molecule is CCC1OC(n2cc(C)c(=O)n(CCCCNC(=O)Oc3ccccc3)c2=O)CC1C. The van der Waals surface area contributed by atoms with Gasteiger partial charge in [0.2, 0.25) is 0 Å². The molecule has 1 aromatic carbocycles. The Morgan fingerprint density at radius 1 is 1.23 bits per heavy atom. The summed E-state index contributed by atoms with van der Waals surface area (Å²) in [5.41, 5.74) is -0.114. The lowest BCUT2D eigenvalue weighted by Gasteiger charge is -2.18. The number of nitrogens with zero attached hydrogens (tertiary/aromatic N) is 2. The molecule has 0 aliphatic carbocycles. The third-order valence-corrected chi connectivity index (χ3v) is 5.65. The maximum atomic E-state index is 13.0. The van der Waals surface area contributed by atoms with Crippen LogP contribution in [0.4, 0.5) is 4.79 Å². The van der Waals surface area contributed by atoms with Crippen LogP contribution in [-0.4, -0.2) is 27.9 Å². The Balaban J connectivity index is 1.55. The molecule has 8 nitrogen and oxygen atoms in total. The number of rotatable bonds is 8. The molecule has 1 saturated heterocycles. The van der Waals surface area contributed by atoms with Crippen LogP contribution < -0.4 is 21.3 Å². The largest absolute Gasteiger partial charge is 0.412 e. The second-order valence-electron chi connectivity index (χ2n) is 8.05. The first-order valence-electron chi connectivity index (χ1n) is 10.9. The van der Waals surface area contributed by atoms with E-state index in [1.54, 1.807) is 42.0 Å². The Hall–Kier alpha value is -2.87. The Labute approximate surface area is 181 Å². The zero-order valence-corrected chi connectivity index (χ0v) is 18.4. The van der Waals surface area contributed by atoms with Crippen LogP contribution in [0.3, 0.4) is 0 Å². The molecule has 0 saturated carbocycles. The summed E-state index contributed by atoms with van der Waals surface area (Å²) in [4.78, 5) is 37.3. The number of ether oxygens (including phenoxy) is 2. The van der Waals surface area contributed by atoms with E-state index in [9.17, 15) is 14.4 Å². The number of amides is 1. The molecule has 1 aliphatic rings. The Morgan fingerprint density at radius 2 is 1.97 bits per heavy atom. The Kier molecular flexibility index (Phi) is 7.68. The standard InChI is InChI=1S/C23H31N3O5/c1-4-19-16(2)14-20(31-19)26-15-17(3)21(27)25(23(26)29)13-9-8-12-24-22(28)30-18-10-6-5-7-11-18/h5-7,10-11,15-16,19-20H,4,8-9,12-14H2,1-3H3,(H,24,28). The number of aromatic nitrogens is 2. The van der Waals surface area contributed by atoms with E-state index in [4.69, 9.17) is 9.47 Å². The molecule has 3 rings (SSSR count). The van der Waals surface area contributed by atoms with Gasteiger partial charge >= 0.3 is 11.8 Å². The van der Waals surface area contributed by atoms with Gasteiger partial charge in [-0.05, 0) is 50.7 Å². The van der Waals surface area contributed by atoms with E-state index >= 15 is 0 Å². The van der Waals surface area contributed by atoms with Crippen molar-refractivity contribution in [2.24, 2.45) is 5.92 Å². The molecule has 2 aromatic rings. The predicted octanol–water partition coefficient (Wildman–Crippen LogP) is 3.22. The second kappa shape index (κ2) is 10.4.